The molecule has 0 N–H and O–H groups in total. The number of nitrogens with zero attached hydrogens (tertiary/aromatic N) is 1. The van der Waals surface area contributed by atoms with Crippen LogP contribution in [-0.2, 0) is 0 Å². The second-order valence-electron chi connectivity index (χ2n) is 2.62. The fraction of sp³-hybridized carbons (Fsp3) is 0.250. The number of halogens is 5. The van der Waals surface area contributed by atoms with Crippen molar-refractivity contribution in [3.63, 3.8) is 0 Å². The highest BCUT2D eigenvalue weighted by molar-refractivity contribution is 6.00. The van der Waals surface area contributed by atoms with Gasteiger partial charge >= 0.3 is 12.1 Å². The number of alkyl halides is 5. The number of aromatic nitrogens is 1. The zero-order valence-corrected chi connectivity index (χ0v) is 7.05. The van der Waals surface area contributed by atoms with Crippen molar-refractivity contribution in [1.82, 2.24) is 4.98 Å². The number of ketones is 1. The molecule has 0 atom stereocenters. The first-order valence-corrected chi connectivity index (χ1v) is 3.67. The minimum absolute atomic E-state index is 0.794. The normalized spacial score (nSPS) is 12.6. The molecule has 0 radical (unpaired) electrons. The summed E-state index contributed by atoms with van der Waals surface area (Å²) in [5.74, 6) is -7.75. The molecule has 1 aromatic heterocycles. The van der Waals surface area contributed by atoms with Gasteiger partial charge in [0.15, 0.2) is 0 Å². The summed E-state index contributed by atoms with van der Waals surface area (Å²) >= 11 is 0. The van der Waals surface area contributed by atoms with Crippen molar-refractivity contribution in [2.24, 2.45) is 0 Å². The largest absolute Gasteiger partial charge is 0.461 e. The average molecular weight is 225 g/mol. The fourth-order valence-corrected chi connectivity index (χ4v) is 0.787. The van der Waals surface area contributed by atoms with Gasteiger partial charge in [0.1, 0.15) is 5.69 Å². The Morgan fingerprint density at radius 2 is 1.73 bits per heavy atom. The Morgan fingerprint density at radius 3 is 2.13 bits per heavy atom. The molecule has 0 aliphatic carbocycles. The maximum absolute atomic E-state index is 12.5. The SMILES string of the molecule is O=C(c1ccccn1)C(F)(F)C(F)(F)F. The van der Waals surface area contributed by atoms with Gasteiger partial charge in [0.05, 0.1) is 0 Å². The summed E-state index contributed by atoms with van der Waals surface area (Å²) in [5, 5.41) is 0. The number of carbonyl (C=O) groups is 1. The van der Waals surface area contributed by atoms with E-state index in [-0.39, 0.29) is 0 Å². The predicted molar refractivity (Wildman–Crippen MR) is 39.6 cm³/mol. The van der Waals surface area contributed by atoms with Crippen molar-refractivity contribution >= 4 is 5.78 Å². The van der Waals surface area contributed by atoms with Crippen LogP contribution >= 0.6 is 0 Å². The Kier molecular flexibility index (Phi) is 2.74. The minimum Gasteiger partial charge on any atom is -0.285 e. The van der Waals surface area contributed by atoms with Gasteiger partial charge in [-0.25, -0.2) is 0 Å². The van der Waals surface area contributed by atoms with Crippen LogP contribution in [0, 0.1) is 0 Å². The van der Waals surface area contributed by atoms with E-state index in [2.05, 4.69) is 4.98 Å². The van der Waals surface area contributed by atoms with E-state index >= 15 is 0 Å². The van der Waals surface area contributed by atoms with Crippen molar-refractivity contribution in [3.8, 4) is 0 Å². The Balaban J connectivity index is 3.06. The molecule has 0 aliphatic rings. The molecule has 0 bridgehead atoms. The molecule has 0 aromatic carbocycles. The minimum atomic E-state index is -5.90. The van der Waals surface area contributed by atoms with Crippen LogP contribution in [0.3, 0.4) is 0 Å². The smallest absolute Gasteiger partial charge is 0.285 e. The van der Waals surface area contributed by atoms with Gasteiger partial charge in [0, 0.05) is 6.20 Å². The third kappa shape index (κ3) is 2.11. The fourth-order valence-electron chi connectivity index (χ4n) is 0.787. The van der Waals surface area contributed by atoms with Crippen molar-refractivity contribution in [3.05, 3.63) is 30.1 Å². The summed E-state index contributed by atoms with van der Waals surface area (Å²) in [6, 6.07) is 3.23. The summed E-state index contributed by atoms with van der Waals surface area (Å²) in [7, 11) is 0. The quantitative estimate of drug-likeness (QED) is 0.571. The van der Waals surface area contributed by atoms with Gasteiger partial charge in [-0.1, -0.05) is 6.07 Å². The molecular weight excluding hydrogens is 221 g/mol. The molecule has 1 heterocycles. The highest BCUT2D eigenvalue weighted by Gasteiger charge is 2.63. The summed E-state index contributed by atoms with van der Waals surface area (Å²) in [6.07, 6.45) is -4.94. The Morgan fingerprint density at radius 1 is 1.13 bits per heavy atom. The topological polar surface area (TPSA) is 30.0 Å². The predicted octanol–water partition coefficient (Wildman–Crippen LogP) is 2.46. The lowest BCUT2D eigenvalue weighted by molar-refractivity contribution is -0.255. The van der Waals surface area contributed by atoms with E-state index in [1.54, 1.807) is 0 Å². The third-order valence-electron chi connectivity index (χ3n) is 1.54. The van der Waals surface area contributed by atoms with E-state index in [9.17, 15) is 26.7 Å². The monoisotopic (exact) mass is 225 g/mol. The number of carbonyl (C=O) groups excluding carboxylic acids is 1. The lowest BCUT2D eigenvalue weighted by atomic mass is 10.1. The number of rotatable bonds is 2. The van der Waals surface area contributed by atoms with Gasteiger partial charge < -0.3 is 0 Å². The maximum atomic E-state index is 12.5. The van der Waals surface area contributed by atoms with Crippen molar-refractivity contribution in [2.75, 3.05) is 0 Å². The molecule has 15 heavy (non-hydrogen) atoms. The average Bonchev–Trinajstić information content (AvgIpc) is 2.16. The van der Waals surface area contributed by atoms with E-state index in [0.29, 0.717) is 0 Å². The second-order valence-corrected chi connectivity index (χ2v) is 2.62. The molecule has 0 unspecified atom stereocenters. The first-order chi connectivity index (χ1) is 6.77. The molecule has 0 amide bonds. The summed E-state index contributed by atoms with van der Waals surface area (Å²) in [5.41, 5.74) is -0.917. The van der Waals surface area contributed by atoms with Gasteiger partial charge in [-0.3, -0.25) is 9.78 Å². The zero-order valence-electron chi connectivity index (χ0n) is 7.05. The van der Waals surface area contributed by atoms with E-state index < -0.39 is 23.6 Å². The molecule has 0 spiro atoms. The summed E-state index contributed by atoms with van der Waals surface area (Å²) in [6.45, 7) is 0. The van der Waals surface area contributed by atoms with Crippen molar-refractivity contribution in [2.45, 2.75) is 12.1 Å². The maximum Gasteiger partial charge on any atom is 0.461 e. The molecule has 1 aromatic rings. The van der Waals surface area contributed by atoms with Gasteiger partial charge in [-0.2, -0.15) is 22.0 Å². The van der Waals surface area contributed by atoms with Crippen LogP contribution in [-0.4, -0.2) is 22.9 Å². The number of Topliss-reactive ketones (excluding diaryl/α,β-unsaturated/α-hetero) is 1. The van der Waals surface area contributed by atoms with Crippen LogP contribution in [0.2, 0.25) is 0 Å². The number of hydrogen-bond acceptors (Lipinski definition) is 2. The molecule has 7 heteroatoms. The van der Waals surface area contributed by atoms with Crippen LogP contribution in [0.5, 0.6) is 0 Å². The molecule has 0 fully saturated rings. The van der Waals surface area contributed by atoms with Crippen molar-refractivity contribution < 1.29 is 26.7 Å². The van der Waals surface area contributed by atoms with Crippen LogP contribution in [0.25, 0.3) is 0 Å². The molecule has 2 nitrogen and oxygen atoms in total. The summed E-state index contributed by atoms with van der Waals surface area (Å²) < 4.78 is 60.3. The van der Waals surface area contributed by atoms with Crippen molar-refractivity contribution in [1.29, 1.82) is 0 Å². The Bertz CT molecular complexity index is 359. The molecule has 0 aliphatic heterocycles. The van der Waals surface area contributed by atoms with Gasteiger partial charge in [-0.15, -0.1) is 0 Å². The Hall–Kier alpha value is -1.53. The van der Waals surface area contributed by atoms with Crippen LogP contribution in [0.1, 0.15) is 10.5 Å². The standard InChI is InChI=1S/C8H4F5NO/c9-7(10,8(11,12)13)6(15)5-3-1-2-4-14-5/h1-4H. The molecule has 0 saturated heterocycles. The number of pyridine rings is 1. The van der Waals surface area contributed by atoms with E-state index in [1.165, 1.54) is 6.07 Å². The molecule has 0 saturated carbocycles. The van der Waals surface area contributed by atoms with Gasteiger partial charge in [-0.05, 0) is 12.1 Å². The zero-order chi connectivity index (χ0) is 11.7. The van der Waals surface area contributed by atoms with Crippen LogP contribution in [0.15, 0.2) is 24.4 Å². The van der Waals surface area contributed by atoms with Gasteiger partial charge in [0.25, 0.3) is 5.78 Å². The Labute approximate surface area is 80.7 Å². The van der Waals surface area contributed by atoms with Crippen LogP contribution in [0.4, 0.5) is 22.0 Å². The van der Waals surface area contributed by atoms with Crippen LogP contribution < -0.4 is 0 Å². The third-order valence-corrected chi connectivity index (χ3v) is 1.54. The summed E-state index contributed by atoms with van der Waals surface area (Å²) in [4.78, 5) is 13.9. The van der Waals surface area contributed by atoms with E-state index in [4.69, 9.17) is 0 Å². The molecule has 1 rings (SSSR count). The van der Waals surface area contributed by atoms with Gasteiger partial charge in [0.2, 0.25) is 0 Å². The lowest BCUT2D eigenvalue weighted by Gasteiger charge is -2.17. The number of hydrogen-bond donors (Lipinski definition) is 0. The molecular formula is C8H4F5NO. The second kappa shape index (κ2) is 3.56. The molecule has 82 valence electrons. The first-order valence-electron chi connectivity index (χ1n) is 3.67. The van der Waals surface area contributed by atoms with E-state index in [1.807, 2.05) is 0 Å². The lowest BCUT2D eigenvalue weighted by Crippen LogP contribution is -2.44. The highest BCUT2D eigenvalue weighted by Crippen LogP contribution is 2.37. The first kappa shape index (κ1) is 11.5. The van der Waals surface area contributed by atoms with E-state index in [0.717, 1.165) is 18.3 Å². The highest BCUT2D eigenvalue weighted by atomic mass is 19.4.